The van der Waals surface area contributed by atoms with Gasteiger partial charge in [-0.15, -0.1) is 0 Å². The first-order valence-electron chi connectivity index (χ1n) is 5.89. The van der Waals surface area contributed by atoms with Gasteiger partial charge >= 0.3 is 12.1 Å². The molecule has 2 saturated carbocycles. The number of carboxylic acid groups (broad SMARTS) is 1. The lowest BCUT2D eigenvalue weighted by atomic mass is 9.47. The van der Waals surface area contributed by atoms with Crippen LogP contribution < -0.4 is 5.32 Å². The Morgan fingerprint density at radius 2 is 2.12 bits per heavy atom. The van der Waals surface area contributed by atoms with E-state index in [1.807, 2.05) is 0 Å². The summed E-state index contributed by atoms with van der Waals surface area (Å²) in [7, 11) is 0. The van der Waals surface area contributed by atoms with Crippen molar-refractivity contribution < 1.29 is 19.4 Å². The van der Waals surface area contributed by atoms with Gasteiger partial charge in [0.15, 0.2) is 0 Å². The largest absolute Gasteiger partial charge is 0.481 e. The SMILES string of the molecule is C=CCOC(=O)NC[C@@H]1[C@H]2CC[C@H]2[C@@H]1C(=O)O. The third-order valence-electron chi connectivity index (χ3n) is 3.96. The third-order valence-corrected chi connectivity index (χ3v) is 3.96. The molecule has 1 amide bonds. The number of carbonyl (C=O) groups is 2. The second kappa shape index (κ2) is 4.77. The summed E-state index contributed by atoms with van der Waals surface area (Å²) in [6.45, 7) is 4.01. The molecule has 17 heavy (non-hydrogen) atoms. The number of amides is 1. The highest BCUT2D eigenvalue weighted by atomic mass is 16.5. The van der Waals surface area contributed by atoms with Crippen LogP contribution in [0, 0.1) is 23.7 Å². The summed E-state index contributed by atoms with van der Waals surface area (Å²) >= 11 is 0. The molecule has 94 valence electrons. The molecule has 2 aliphatic carbocycles. The minimum absolute atomic E-state index is 0.0718. The first-order chi connectivity index (χ1) is 8.15. The van der Waals surface area contributed by atoms with Crippen LogP contribution in [0.1, 0.15) is 12.8 Å². The van der Waals surface area contributed by atoms with Crippen LogP contribution in [0.5, 0.6) is 0 Å². The average molecular weight is 239 g/mol. The maximum Gasteiger partial charge on any atom is 0.407 e. The summed E-state index contributed by atoms with van der Waals surface area (Å²) in [5.74, 6) is -0.132. The van der Waals surface area contributed by atoms with E-state index in [0.29, 0.717) is 18.4 Å². The zero-order chi connectivity index (χ0) is 12.4. The van der Waals surface area contributed by atoms with Crippen molar-refractivity contribution in [3.8, 4) is 0 Å². The highest BCUT2D eigenvalue weighted by molar-refractivity contribution is 5.73. The number of alkyl carbamates (subject to hydrolysis) is 1. The fourth-order valence-corrected chi connectivity index (χ4v) is 3.00. The van der Waals surface area contributed by atoms with Gasteiger partial charge in [-0.3, -0.25) is 4.79 Å². The molecular formula is C12H17NO4. The number of carboxylic acids is 1. The quantitative estimate of drug-likeness (QED) is 0.708. The first kappa shape index (κ1) is 12.0. The number of carbonyl (C=O) groups excluding carboxylic acids is 1. The Kier molecular flexibility index (Phi) is 3.36. The normalized spacial score (nSPS) is 33.6. The molecule has 5 nitrogen and oxygen atoms in total. The van der Waals surface area contributed by atoms with Gasteiger partial charge < -0.3 is 15.2 Å². The number of hydrogen-bond acceptors (Lipinski definition) is 3. The minimum atomic E-state index is -0.739. The summed E-state index contributed by atoms with van der Waals surface area (Å²) in [4.78, 5) is 22.2. The van der Waals surface area contributed by atoms with Crippen LogP contribution in [0.25, 0.3) is 0 Å². The molecule has 4 atom stereocenters. The number of ether oxygens (including phenoxy) is 1. The van der Waals surface area contributed by atoms with Gasteiger partial charge in [0.1, 0.15) is 6.61 Å². The van der Waals surface area contributed by atoms with E-state index in [9.17, 15) is 9.59 Å². The molecule has 0 saturated heterocycles. The molecule has 0 heterocycles. The highest BCUT2D eigenvalue weighted by Crippen LogP contribution is 2.58. The maximum absolute atomic E-state index is 11.2. The minimum Gasteiger partial charge on any atom is -0.481 e. The van der Waals surface area contributed by atoms with Crippen LogP contribution in [0.15, 0.2) is 12.7 Å². The first-order valence-corrected chi connectivity index (χ1v) is 5.89. The van der Waals surface area contributed by atoms with Crippen LogP contribution in [0.4, 0.5) is 4.79 Å². The standard InChI is InChI=1S/C12H17NO4/c1-2-5-17-12(16)13-6-9-7-3-4-8(7)10(9)11(14)15/h2,7-10H,1,3-6H2,(H,13,16)(H,14,15)/t7-,8+,9+,10-/m0/s1. The Bertz CT molecular complexity index is 341. The van der Waals surface area contributed by atoms with Gasteiger partial charge in [0, 0.05) is 6.54 Å². The predicted molar refractivity (Wildman–Crippen MR) is 60.4 cm³/mol. The average Bonchev–Trinajstić information content (AvgIpc) is 2.26. The molecule has 2 rings (SSSR count). The van der Waals surface area contributed by atoms with E-state index < -0.39 is 12.1 Å². The second-order valence-electron chi connectivity index (χ2n) is 4.70. The summed E-state index contributed by atoms with van der Waals surface area (Å²) in [6, 6.07) is 0. The molecule has 2 N–H and O–H groups in total. The van der Waals surface area contributed by atoms with Gasteiger partial charge in [0.05, 0.1) is 5.92 Å². The van der Waals surface area contributed by atoms with Gasteiger partial charge in [0.25, 0.3) is 0 Å². The summed E-state index contributed by atoms with van der Waals surface area (Å²) in [6.07, 6.45) is 3.09. The van der Waals surface area contributed by atoms with Crippen molar-refractivity contribution in [3.05, 3.63) is 12.7 Å². The van der Waals surface area contributed by atoms with E-state index in [-0.39, 0.29) is 18.4 Å². The fraction of sp³-hybridized carbons (Fsp3) is 0.667. The van der Waals surface area contributed by atoms with Crippen molar-refractivity contribution in [2.45, 2.75) is 12.8 Å². The number of nitrogens with one attached hydrogen (secondary N) is 1. The Balaban J connectivity index is 1.77. The van der Waals surface area contributed by atoms with E-state index in [1.54, 1.807) is 0 Å². The smallest absolute Gasteiger partial charge is 0.407 e. The van der Waals surface area contributed by atoms with Gasteiger partial charge in [-0.2, -0.15) is 0 Å². The molecule has 2 fully saturated rings. The Labute approximate surface area is 99.8 Å². The summed E-state index contributed by atoms with van der Waals surface area (Å²) in [5.41, 5.74) is 0. The predicted octanol–water partition coefficient (Wildman–Crippen LogP) is 1.26. The van der Waals surface area contributed by atoms with E-state index in [1.165, 1.54) is 6.08 Å². The van der Waals surface area contributed by atoms with Crippen molar-refractivity contribution in [2.75, 3.05) is 13.2 Å². The van der Waals surface area contributed by atoms with Gasteiger partial charge in [-0.05, 0) is 30.6 Å². The van der Waals surface area contributed by atoms with Crippen molar-refractivity contribution in [3.63, 3.8) is 0 Å². The van der Waals surface area contributed by atoms with Gasteiger partial charge in [-0.1, -0.05) is 12.7 Å². The molecule has 0 unspecified atom stereocenters. The Morgan fingerprint density at radius 3 is 2.65 bits per heavy atom. The van der Waals surface area contributed by atoms with Crippen LogP contribution in [0.2, 0.25) is 0 Å². The number of rotatable bonds is 5. The lowest BCUT2D eigenvalue weighted by Crippen LogP contribution is -2.59. The van der Waals surface area contributed by atoms with Gasteiger partial charge in [-0.25, -0.2) is 4.79 Å². The van der Waals surface area contributed by atoms with Gasteiger partial charge in [0.2, 0.25) is 0 Å². The van der Waals surface area contributed by atoms with Crippen LogP contribution in [-0.4, -0.2) is 30.3 Å². The van der Waals surface area contributed by atoms with Crippen molar-refractivity contribution in [1.29, 1.82) is 0 Å². The topological polar surface area (TPSA) is 75.6 Å². The maximum atomic E-state index is 11.2. The summed E-state index contributed by atoms with van der Waals surface area (Å²) in [5, 5.41) is 11.7. The molecule has 5 heteroatoms. The number of hydrogen-bond donors (Lipinski definition) is 2. The Morgan fingerprint density at radius 1 is 1.41 bits per heavy atom. The van der Waals surface area contributed by atoms with E-state index in [4.69, 9.17) is 9.84 Å². The monoisotopic (exact) mass is 239 g/mol. The van der Waals surface area contributed by atoms with E-state index in [2.05, 4.69) is 11.9 Å². The second-order valence-corrected chi connectivity index (χ2v) is 4.70. The fourth-order valence-electron chi connectivity index (χ4n) is 3.00. The van der Waals surface area contributed by atoms with Crippen LogP contribution in [-0.2, 0) is 9.53 Å². The zero-order valence-corrected chi connectivity index (χ0v) is 9.59. The molecule has 0 aromatic heterocycles. The van der Waals surface area contributed by atoms with E-state index in [0.717, 1.165) is 12.8 Å². The third kappa shape index (κ3) is 2.14. The summed E-state index contributed by atoms with van der Waals surface area (Å²) < 4.78 is 4.77. The van der Waals surface area contributed by atoms with Crippen molar-refractivity contribution in [2.24, 2.45) is 23.7 Å². The molecule has 2 aliphatic rings. The Hall–Kier alpha value is -1.52. The highest BCUT2D eigenvalue weighted by Gasteiger charge is 2.58. The number of aliphatic carboxylic acids is 1. The molecule has 0 aromatic rings. The van der Waals surface area contributed by atoms with Crippen LogP contribution >= 0.6 is 0 Å². The molecule has 0 aliphatic heterocycles. The van der Waals surface area contributed by atoms with Crippen molar-refractivity contribution >= 4 is 12.1 Å². The molecule has 0 aromatic carbocycles. The number of fused-ring (bicyclic) bond motifs is 1. The molecule has 0 radical (unpaired) electrons. The molecular weight excluding hydrogens is 222 g/mol. The molecule has 0 spiro atoms. The molecule has 0 bridgehead atoms. The lowest BCUT2D eigenvalue weighted by Gasteiger charge is -2.57. The van der Waals surface area contributed by atoms with Crippen LogP contribution in [0.3, 0.4) is 0 Å². The zero-order valence-electron chi connectivity index (χ0n) is 9.59. The van der Waals surface area contributed by atoms with E-state index >= 15 is 0 Å². The van der Waals surface area contributed by atoms with Crippen molar-refractivity contribution in [1.82, 2.24) is 5.32 Å². The lowest BCUT2D eigenvalue weighted by molar-refractivity contribution is -0.171.